The molecule has 0 spiro atoms. The molecule has 14 heavy (non-hydrogen) atoms. The third-order valence-electron chi connectivity index (χ3n) is 1.43. The van der Waals surface area contributed by atoms with Crippen LogP contribution < -0.4 is 5.32 Å². The average Bonchev–Trinajstić information content (AvgIpc) is 2.02. The number of nitrogens with one attached hydrogen (secondary N) is 1. The quantitative estimate of drug-likeness (QED) is 0.787. The molecule has 0 unspecified atom stereocenters. The Hall–Kier alpha value is -1.36. The highest BCUT2D eigenvalue weighted by Crippen LogP contribution is 2.09. The maximum Gasteiger partial charge on any atom is 0.326 e. The van der Waals surface area contributed by atoms with Crippen molar-refractivity contribution in [2.75, 3.05) is 5.32 Å². The maximum absolute atomic E-state index is 12.2. The molecular formula is C9H10FNO2S. The van der Waals surface area contributed by atoms with Crippen LogP contribution in [0.4, 0.5) is 9.57 Å². The largest absolute Gasteiger partial charge is 0.358 e. The van der Waals surface area contributed by atoms with E-state index in [1.54, 1.807) is 24.3 Å². The molecule has 0 saturated heterocycles. The van der Waals surface area contributed by atoms with Crippen LogP contribution in [0.15, 0.2) is 41.4 Å². The minimum Gasteiger partial charge on any atom is -0.358 e. The number of hydrogen-bond acceptors (Lipinski definition) is 3. The van der Waals surface area contributed by atoms with Gasteiger partial charge in [0.05, 0.1) is 5.41 Å². The second kappa shape index (κ2) is 4.23. The molecule has 1 aromatic rings. The molecule has 0 radical (unpaired) electrons. The molecular weight excluding hydrogens is 205 g/mol. The van der Waals surface area contributed by atoms with Gasteiger partial charge in [0.2, 0.25) is 0 Å². The standard InChI is InChI=1S/C9H10FNO2S/c1-8(7-14(10,12)13)11-9-5-3-2-4-6-9/h2-7,11H,1H3/b8-7+. The normalized spacial score (nSPS) is 12.6. The number of allylic oxidation sites excluding steroid dienone is 1. The fourth-order valence-electron chi connectivity index (χ4n) is 0.990. The van der Waals surface area contributed by atoms with Gasteiger partial charge in [-0.1, -0.05) is 18.2 Å². The van der Waals surface area contributed by atoms with E-state index in [2.05, 4.69) is 5.32 Å². The van der Waals surface area contributed by atoms with E-state index in [0.717, 1.165) is 0 Å². The van der Waals surface area contributed by atoms with Gasteiger partial charge in [0.25, 0.3) is 0 Å². The summed E-state index contributed by atoms with van der Waals surface area (Å²) in [6.07, 6.45) is 0. The summed E-state index contributed by atoms with van der Waals surface area (Å²) in [4.78, 5) is 0. The zero-order valence-corrected chi connectivity index (χ0v) is 8.38. The lowest BCUT2D eigenvalue weighted by Gasteiger charge is -2.04. The fourth-order valence-corrected chi connectivity index (χ4v) is 1.47. The Balaban J connectivity index is 2.77. The van der Waals surface area contributed by atoms with Crippen molar-refractivity contribution in [1.29, 1.82) is 0 Å². The van der Waals surface area contributed by atoms with Crippen molar-refractivity contribution < 1.29 is 12.3 Å². The molecule has 0 atom stereocenters. The third-order valence-corrected chi connectivity index (χ3v) is 2.07. The van der Waals surface area contributed by atoms with Gasteiger partial charge in [0.1, 0.15) is 0 Å². The third kappa shape index (κ3) is 4.04. The molecule has 0 amide bonds. The van der Waals surface area contributed by atoms with Gasteiger partial charge in [-0.15, -0.1) is 3.89 Å². The van der Waals surface area contributed by atoms with Gasteiger partial charge in [-0.05, 0) is 19.1 Å². The Labute approximate surface area is 82.5 Å². The van der Waals surface area contributed by atoms with Crippen LogP contribution in [0.5, 0.6) is 0 Å². The minimum atomic E-state index is -4.57. The molecule has 0 aliphatic carbocycles. The molecule has 0 saturated carbocycles. The van der Waals surface area contributed by atoms with Gasteiger partial charge in [-0.2, -0.15) is 8.42 Å². The lowest BCUT2D eigenvalue weighted by atomic mass is 10.3. The maximum atomic E-state index is 12.2. The van der Waals surface area contributed by atoms with Crippen molar-refractivity contribution in [3.63, 3.8) is 0 Å². The van der Waals surface area contributed by atoms with Crippen molar-refractivity contribution in [2.24, 2.45) is 0 Å². The van der Waals surface area contributed by atoms with E-state index in [-0.39, 0.29) is 5.70 Å². The van der Waals surface area contributed by atoms with Crippen molar-refractivity contribution >= 4 is 15.9 Å². The smallest absolute Gasteiger partial charge is 0.326 e. The number of benzene rings is 1. The number of hydrogen-bond donors (Lipinski definition) is 1. The van der Waals surface area contributed by atoms with Crippen LogP contribution in [-0.4, -0.2) is 8.42 Å². The van der Waals surface area contributed by atoms with Gasteiger partial charge < -0.3 is 5.32 Å². The second-order valence-corrected chi connectivity index (χ2v) is 3.95. The van der Waals surface area contributed by atoms with E-state index in [4.69, 9.17) is 0 Å². The second-order valence-electron chi connectivity index (χ2n) is 2.77. The van der Waals surface area contributed by atoms with Gasteiger partial charge in [0, 0.05) is 11.4 Å². The Bertz CT molecular complexity index is 425. The van der Waals surface area contributed by atoms with Gasteiger partial charge in [-0.3, -0.25) is 0 Å². The lowest BCUT2D eigenvalue weighted by molar-refractivity contribution is 0.562. The van der Waals surface area contributed by atoms with E-state index >= 15 is 0 Å². The SMILES string of the molecule is C/C(=C\S(=O)(=O)F)Nc1ccccc1. The Kier molecular flexibility index (Phi) is 3.24. The molecule has 3 nitrogen and oxygen atoms in total. The molecule has 1 rings (SSSR count). The van der Waals surface area contributed by atoms with Crippen LogP contribution in [0, 0.1) is 0 Å². The van der Waals surface area contributed by atoms with Crippen LogP contribution >= 0.6 is 0 Å². The summed E-state index contributed by atoms with van der Waals surface area (Å²) in [5, 5.41) is 3.28. The molecule has 76 valence electrons. The van der Waals surface area contributed by atoms with Gasteiger partial charge in [-0.25, -0.2) is 0 Å². The summed E-state index contributed by atoms with van der Waals surface area (Å²) in [7, 11) is -4.57. The van der Waals surface area contributed by atoms with Crippen LogP contribution in [-0.2, 0) is 10.2 Å². The predicted molar refractivity (Wildman–Crippen MR) is 53.8 cm³/mol. The topological polar surface area (TPSA) is 46.2 Å². The Morgan fingerprint density at radius 3 is 2.43 bits per heavy atom. The first-order valence-corrected chi connectivity index (χ1v) is 5.37. The van der Waals surface area contributed by atoms with Crippen molar-refractivity contribution in [2.45, 2.75) is 6.92 Å². The van der Waals surface area contributed by atoms with Crippen LogP contribution in [0.2, 0.25) is 0 Å². The first-order valence-electron chi connectivity index (χ1n) is 3.92. The molecule has 0 aliphatic heterocycles. The molecule has 1 N–H and O–H groups in total. The van der Waals surface area contributed by atoms with Gasteiger partial charge >= 0.3 is 10.2 Å². The van der Waals surface area contributed by atoms with Crippen LogP contribution in [0.25, 0.3) is 0 Å². The van der Waals surface area contributed by atoms with E-state index in [9.17, 15) is 12.3 Å². The molecule has 1 aromatic carbocycles. The van der Waals surface area contributed by atoms with E-state index in [1.165, 1.54) is 6.92 Å². The highest BCUT2D eigenvalue weighted by Gasteiger charge is 2.02. The number of anilines is 1. The zero-order valence-electron chi connectivity index (χ0n) is 7.57. The van der Waals surface area contributed by atoms with E-state index in [0.29, 0.717) is 11.1 Å². The summed E-state index contributed by atoms with van der Waals surface area (Å²) in [6, 6.07) is 8.92. The summed E-state index contributed by atoms with van der Waals surface area (Å²) >= 11 is 0. The molecule has 0 heterocycles. The Morgan fingerprint density at radius 1 is 1.36 bits per heavy atom. The average molecular weight is 215 g/mol. The lowest BCUT2D eigenvalue weighted by Crippen LogP contribution is -1.97. The zero-order chi connectivity index (χ0) is 10.6. The van der Waals surface area contributed by atoms with Crippen LogP contribution in [0.1, 0.15) is 6.92 Å². The molecule has 0 bridgehead atoms. The summed E-state index contributed by atoms with van der Waals surface area (Å²) < 4.78 is 32.7. The van der Waals surface area contributed by atoms with Crippen molar-refractivity contribution in [3.05, 3.63) is 41.4 Å². The first-order chi connectivity index (χ1) is 6.47. The number of halogens is 1. The Morgan fingerprint density at radius 2 is 1.93 bits per heavy atom. The number of para-hydroxylation sites is 1. The molecule has 0 aliphatic rings. The number of rotatable bonds is 3. The summed E-state index contributed by atoms with van der Waals surface area (Å²) in [5.41, 5.74) is 0.948. The van der Waals surface area contributed by atoms with Crippen molar-refractivity contribution in [1.82, 2.24) is 0 Å². The van der Waals surface area contributed by atoms with Crippen molar-refractivity contribution in [3.8, 4) is 0 Å². The minimum absolute atomic E-state index is 0.235. The van der Waals surface area contributed by atoms with Gasteiger partial charge in [0.15, 0.2) is 0 Å². The summed E-state index contributed by atoms with van der Waals surface area (Å²) in [6.45, 7) is 1.48. The summed E-state index contributed by atoms with van der Waals surface area (Å²) in [5.74, 6) is 0. The van der Waals surface area contributed by atoms with Crippen LogP contribution in [0.3, 0.4) is 0 Å². The predicted octanol–water partition coefficient (Wildman–Crippen LogP) is 2.26. The fraction of sp³-hybridized carbons (Fsp3) is 0.111. The molecule has 0 fully saturated rings. The van der Waals surface area contributed by atoms with E-state index < -0.39 is 10.2 Å². The monoisotopic (exact) mass is 215 g/mol. The highest BCUT2D eigenvalue weighted by molar-refractivity contribution is 7.89. The first kappa shape index (κ1) is 10.7. The van der Waals surface area contributed by atoms with E-state index in [1.807, 2.05) is 6.07 Å². The highest BCUT2D eigenvalue weighted by atomic mass is 32.3. The molecule has 5 heteroatoms. The molecule has 0 aromatic heterocycles.